The van der Waals surface area contributed by atoms with E-state index in [4.69, 9.17) is 22.9 Å². The molecule has 0 saturated carbocycles. The van der Waals surface area contributed by atoms with Crippen LogP contribution in [0.15, 0.2) is 12.1 Å². The summed E-state index contributed by atoms with van der Waals surface area (Å²) in [4.78, 5) is 6.94. The second-order valence-electron chi connectivity index (χ2n) is 1.78. The quantitative estimate of drug-likeness (QED) is 0.475. The van der Waals surface area contributed by atoms with Gasteiger partial charge in [-0.25, -0.2) is 9.83 Å². The first-order chi connectivity index (χ1) is 5.27. The number of halogens is 1. The third kappa shape index (κ3) is 1.60. The maximum atomic E-state index is 6.67. The summed E-state index contributed by atoms with van der Waals surface area (Å²) >= 11 is 5.60. The van der Waals surface area contributed by atoms with Gasteiger partial charge in [0.15, 0.2) is 0 Å². The topological polar surface area (TPSA) is 26.5 Å². The molecule has 1 rings (SSSR count). The zero-order chi connectivity index (χ0) is 8.27. The Bertz CT molecular complexity index is 306. The van der Waals surface area contributed by atoms with Gasteiger partial charge >= 0.3 is 0 Å². The van der Waals surface area contributed by atoms with Gasteiger partial charge in [-0.15, -0.1) is 0 Å². The van der Waals surface area contributed by atoms with Crippen LogP contribution in [0.4, 0.5) is 5.69 Å². The van der Waals surface area contributed by atoms with Crippen LogP contribution in [0.5, 0.6) is 5.88 Å². The highest BCUT2D eigenvalue weighted by atomic mass is 35.5. The van der Waals surface area contributed by atoms with Crippen molar-refractivity contribution in [2.45, 2.75) is 0 Å². The van der Waals surface area contributed by atoms with Crippen LogP contribution in [-0.2, 0) is 0 Å². The van der Waals surface area contributed by atoms with Gasteiger partial charge in [0.1, 0.15) is 5.15 Å². The molecule has 0 atom stereocenters. The molecule has 0 fully saturated rings. The molecule has 0 amide bonds. The van der Waals surface area contributed by atoms with E-state index in [2.05, 4.69) is 9.83 Å². The van der Waals surface area contributed by atoms with Crippen molar-refractivity contribution in [3.8, 4) is 5.88 Å². The Balaban J connectivity index is 3.12. The second-order valence-corrected chi connectivity index (χ2v) is 2.13. The SMILES string of the molecule is [C-]#[N+]c1ccc(OC)nc1Cl. The number of ether oxygens (including phenoxy) is 1. The van der Waals surface area contributed by atoms with Crippen LogP contribution in [0, 0.1) is 6.57 Å². The van der Waals surface area contributed by atoms with Gasteiger partial charge < -0.3 is 4.74 Å². The first-order valence-corrected chi connectivity index (χ1v) is 3.23. The molecule has 56 valence electrons. The lowest BCUT2D eigenvalue weighted by atomic mass is 10.4. The molecule has 0 bridgehead atoms. The molecule has 1 aromatic heterocycles. The van der Waals surface area contributed by atoms with Gasteiger partial charge in [0.05, 0.1) is 13.7 Å². The van der Waals surface area contributed by atoms with Crippen molar-refractivity contribution in [1.29, 1.82) is 0 Å². The van der Waals surface area contributed by atoms with Gasteiger partial charge in [-0.05, 0) is 12.1 Å². The van der Waals surface area contributed by atoms with Gasteiger partial charge in [0.25, 0.3) is 0 Å². The number of rotatable bonds is 1. The molecule has 0 saturated heterocycles. The third-order valence-corrected chi connectivity index (χ3v) is 1.41. The predicted molar refractivity (Wildman–Crippen MR) is 42.1 cm³/mol. The smallest absolute Gasteiger partial charge is 0.223 e. The largest absolute Gasteiger partial charge is 0.481 e. The Labute approximate surface area is 69.4 Å². The van der Waals surface area contributed by atoms with E-state index >= 15 is 0 Å². The number of hydrogen-bond donors (Lipinski definition) is 0. The minimum atomic E-state index is 0.180. The number of hydrogen-bond acceptors (Lipinski definition) is 2. The Morgan fingerprint density at radius 1 is 1.64 bits per heavy atom. The van der Waals surface area contributed by atoms with E-state index in [9.17, 15) is 0 Å². The van der Waals surface area contributed by atoms with Crippen molar-refractivity contribution >= 4 is 17.3 Å². The molecule has 0 aromatic carbocycles. The lowest BCUT2D eigenvalue weighted by Crippen LogP contribution is -1.85. The zero-order valence-electron chi connectivity index (χ0n) is 5.84. The standard InChI is InChI=1S/C7H5ClN2O/c1-9-5-3-4-6(11-2)10-7(5)8/h3-4H,2H3. The molecular formula is C7H5ClN2O. The van der Waals surface area contributed by atoms with Crippen molar-refractivity contribution in [3.63, 3.8) is 0 Å². The average molecular weight is 169 g/mol. The molecule has 0 aliphatic carbocycles. The number of pyridine rings is 1. The Morgan fingerprint density at radius 2 is 2.36 bits per heavy atom. The van der Waals surface area contributed by atoms with E-state index < -0.39 is 0 Å². The first kappa shape index (κ1) is 7.83. The molecule has 0 unspecified atom stereocenters. The minimum absolute atomic E-state index is 0.180. The highest BCUT2D eigenvalue weighted by Gasteiger charge is 2.01. The van der Waals surface area contributed by atoms with Crippen LogP contribution in [0.3, 0.4) is 0 Å². The van der Waals surface area contributed by atoms with Crippen LogP contribution in [0.1, 0.15) is 0 Å². The molecule has 0 spiro atoms. The number of nitrogens with zero attached hydrogens (tertiary/aromatic N) is 2. The van der Waals surface area contributed by atoms with Gasteiger partial charge in [-0.2, -0.15) is 0 Å². The average Bonchev–Trinajstić information content (AvgIpc) is 2.04. The van der Waals surface area contributed by atoms with Gasteiger partial charge in [-0.3, -0.25) is 0 Å². The fraction of sp³-hybridized carbons (Fsp3) is 0.143. The third-order valence-electron chi connectivity index (χ3n) is 1.13. The highest BCUT2D eigenvalue weighted by Crippen LogP contribution is 2.24. The van der Waals surface area contributed by atoms with E-state index in [1.807, 2.05) is 0 Å². The molecule has 11 heavy (non-hydrogen) atoms. The maximum absolute atomic E-state index is 6.67. The molecule has 0 N–H and O–H groups in total. The van der Waals surface area contributed by atoms with Crippen molar-refractivity contribution in [1.82, 2.24) is 4.98 Å². The summed E-state index contributed by atoms with van der Waals surface area (Å²) in [5.74, 6) is 0.419. The summed E-state index contributed by atoms with van der Waals surface area (Å²) in [7, 11) is 1.50. The Hall–Kier alpha value is -1.27. The van der Waals surface area contributed by atoms with Gasteiger partial charge in [0, 0.05) is 0 Å². The molecular weight excluding hydrogens is 164 g/mol. The fourth-order valence-corrected chi connectivity index (χ4v) is 0.796. The van der Waals surface area contributed by atoms with Crippen LogP contribution in [0.2, 0.25) is 5.15 Å². The molecule has 1 aromatic rings. The fourth-order valence-electron chi connectivity index (χ4n) is 0.607. The van der Waals surface area contributed by atoms with Crippen LogP contribution >= 0.6 is 11.6 Å². The van der Waals surface area contributed by atoms with E-state index in [0.717, 1.165) is 0 Å². The van der Waals surface area contributed by atoms with Gasteiger partial charge in [0.2, 0.25) is 11.6 Å². The molecule has 4 heteroatoms. The summed E-state index contributed by atoms with van der Waals surface area (Å²) in [6.45, 7) is 6.67. The second kappa shape index (κ2) is 3.22. The van der Waals surface area contributed by atoms with Crippen molar-refractivity contribution in [2.75, 3.05) is 7.11 Å². The monoisotopic (exact) mass is 168 g/mol. The van der Waals surface area contributed by atoms with Crippen LogP contribution < -0.4 is 4.74 Å². The lowest BCUT2D eigenvalue weighted by molar-refractivity contribution is 0.398. The molecule has 0 aliphatic heterocycles. The number of aromatic nitrogens is 1. The normalized spacial score (nSPS) is 8.82. The summed E-state index contributed by atoms with van der Waals surface area (Å²) < 4.78 is 4.80. The molecule has 1 heterocycles. The maximum Gasteiger partial charge on any atom is 0.223 e. The van der Waals surface area contributed by atoms with Crippen molar-refractivity contribution in [2.24, 2.45) is 0 Å². The molecule has 0 aliphatic rings. The van der Waals surface area contributed by atoms with Crippen LogP contribution in [0.25, 0.3) is 4.85 Å². The summed E-state index contributed by atoms with van der Waals surface area (Å²) in [6.07, 6.45) is 0. The number of methoxy groups -OCH3 is 1. The van der Waals surface area contributed by atoms with E-state index in [1.54, 1.807) is 12.1 Å². The molecule has 3 nitrogen and oxygen atoms in total. The van der Waals surface area contributed by atoms with E-state index in [1.165, 1.54) is 7.11 Å². The highest BCUT2D eigenvalue weighted by molar-refractivity contribution is 6.32. The minimum Gasteiger partial charge on any atom is -0.481 e. The summed E-state index contributed by atoms with van der Waals surface area (Å²) in [6, 6.07) is 3.17. The Kier molecular flexibility index (Phi) is 2.29. The van der Waals surface area contributed by atoms with Crippen molar-refractivity contribution in [3.05, 3.63) is 28.7 Å². The van der Waals surface area contributed by atoms with E-state index in [-0.39, 0.29) is 5.15 Å². The lowest BCUT2D eigenvalue weighted by Gasteiger charge is -1.98. The van der Waals surface area contributed by atoms with Crippen molar-refractivity contribution < 1.29 is 4.74 Å². The predicted octanol–water partition coefficient (Wildman–Crippen LogP) is 2.29. The first-order valence-electron chi connectivity index (χ1n) is 2.86. The zero-order valence-corrected chi connectivity index (χ0v) is 6.59. The Morgan fingerprint density at radius 3 is 2.82 bits per heavy atom. The summed E-state index contributed by atoms with van der Waals surface area (Å²) in [5.41, 5.74) is 0.340. The van der Waals surface area contributed by atoms with Crippen LogP contribution in [-0.4, -0.2) is 12.1 Å². The summed E-state index contributed by atoms with van der Waals surface area (Å²) in [5, 5.41) is 0.180. The van der Waals surface area contributed by atoms with Gasteiger partial charge in [-0.1, -0.05) is 11.6 Å². The van der Waals surface area contributed by atoms with E-state index in [0.29, 0.717) is 11.6 Å². The molecule has 0 radical (unpaired) electrons.